The van der Waals surface area contributed by atoms with E-state index in [4.69, 9.17) is 10.4 Å². The van der Waals surface area contributed by atoms with Crippen molar-refractivity contribution in [2.75, 3.05) is 0 Å². The summed E-state index contributed by atoms with van der Waals surface area (Å²) in [6, 6.07) is 18.2. The zero-order chi connectivity index (χ0) is 15.2. The van der Waals surface area contributed by atoms with Crippen molar-refractivity contribution in [3.63, 3.8) is 0 Å². The average molecular weight is 279 g/mol. The predicted octanol–water partition coefficient (Wildman–Crippen LogP) is 4.23. The summed E-state index contributed by atoms with van der Waals surface area (Å²) in [7, 11) is 0. The first-order valence-electron chi connectivity index (χ1n) is 7.39. The van der Waals surface area contributed by atoms with Crippen LogP contribution in [0.4, 0.5) is 0 Å². The van der Waals surface area contributed by atoms with Gasteiger partial charge < -0.3 is 5.11 Å². The summed E-state index contributed by atoms with van der Waals surface area (Å²) in [6.07, 6.45) is 1.09. The van der Waals surface area contributed by atoms with E-state index in [9.17, 15) is 0 Å². The third kappa shape index (κ3) is 3.51. The van der Waals surface area contributed by atoms with Crippen LogP contribution in [0, 0.1) is 17.2 Å². The maximum absolute atomic E-state index is 9.17. The van der Waals surface area contributed by atoms with Crippen molar-refractivity contribution >= 4 is 0 Å². The van der Waals surface area contributed by atoms with Crippen molar-refractivity contribution in [1.29, 1.82) is 5.26 Å². The highest BCUT2D eigenvalue weighted by Crippen LogP contribution is 2.34. The summed E-state index contributed by atoms with van der Waals surface area (Å²) >= 11 is 0. The van der Waals surface area contributed by atoms with E-state index in [1.54, 1.807) is 0 Å². The lowest BCUT2D eigenvalue weighted by atomic mass is 9.80. The van der Waals surface area contributed by atoms with Gasteiger partial charge >= 0.3 is 0 Å². The third-order valence-corrected chi connectivity index (χ3v) is 4.13. The normalized spacial score (nSPS) is 13.4. The Kier molecular flexibility index (Phi) is 5.14. The van der Waals surface area contributed by atoms with Crippen LogP contribution in [0.25, 0.3) is 0 Å². The fourth-order valence-corrected chi connectivity index (χ4v) is 2.68. The molecule has 0 aromatic heterocycles. The quantitative estimate of drug-likeness (QED) is 0.890. The molecule has 2 aromatic rings. The number of aliphatic hydroxyl groups is 1. The molecule has 0 bridgehead atoms. The van der Waals surface area contributed by atoms with Crippen LogP contribution in [0.3, 0.4) is 0 Å². The minimum absolute atomic E-state index is 0.0745. The van der Waals surface area contributed by atoms with E-state index in [1.165, 1.54) is 11.1 Å². The molecule has 2 rings (SSSR count). The number of nitrogens with zero attached hydrogens (tertiary/aromatic N) is 1. The highest BCUT2D eigenvalue weighted by molar-refractivity contribution is 5.38. The Morgan fingerprint density at radius 2 is 1.52 bits per heavy atom. The molecule has 0 saturated heterocycles. The van der Waals surface area contributed by atoms with Gasteiger partial charge in [-0.2, -0.15) is 5.26 Å². The Morgan fingerprint density at radius 3 is 1.95 bits per heavy atom. The molecule has 0 aliphatic carbocycles. The second-order valence-corrected chi connectivity index (χ2v) is 5.50. The first-order chi connectivity index (χ1) is 10.2. The standard InChI is InChI=1S/C19H21NO/c1-3-14(2)19(17-8-4-15(12-20)5-9-17)18-10-6-16(13-21)7-11-18/h4-11,14,19,21H,3,13H2,1-2H3. The molecule has 2 nitrogen and oxygen atoms in total. The smallest absolute Gasteiger partial charge is 0.0991 e. The summed E-state index contributed by atoms with van der Waals surface area (Å²) in [5, 5.41) is 18.1. The first kappa shape index (κ1) is 15.3. The summed E-state index contributed by atoms with van der Waals surface area (Å²) in [6.45, 7) is 4.53. The molecule has 108 valence electrons. The van der Waals surface area contributed by atoms with Crippen LogP contribution in [0.15, 0.2) is 48.5 Å². The van der Waals surface area contributed by atoms with Gasteiger partial charge in [0.1, 0.15) is 0 Å². The average Bonchev–Trinajstić information content (AvgIpc) is 2.56. The Bertz CT molecular complexity index is 608. The number of rotatable bonds is 5. The molecule has 2 heteroatoms. The second-order valence-electron chi connectivity index (χ2n) is 5.50. The molecule has 2 atom stereocenters. The predicted molar refractivity (Wildman–Crippen MR) is 84.8 cm³/mol. The molecule has 0 aliphatic heterocycles. The van der Waals surface area contributed by atoms with Gasteiger partial charge in [-0.25, -0.2) is 0 Å². The molecule has 1 N–H and O–H groups in total. The number of hydrogen-bond donors (Lipinski definition) is 1. The number of hydrogen-bond acceptors (Lipinski definition) is 2. The second kappa shape index (κ2) is 7.06. The lowest BCUT2D eigenvalue weighted by molar-refractivity contribution is 0.282. The maximum atomic E-state index is 9.17. The number of nitriles is 1. The molecule has 0 aliphatic rings. The Morgan fingerprint density at radius 1 is 1.00 bits per heavy atom. The zero-order valence-electron chi connectivity index (χ0n) is 12.6. The van der Waals surface area contributed by atoms with Crippen LogP contribution in [-0.4, -0.2) is 5.11 Å². The van der Waals surface area contributed by atoms with Crippen molar-refractivity contribution < 1.29 is 5.11 Å². The monoisotopic (exact) mass is 279 g/mol. The highest BCUT2D eigenvalue weighted by atomic mass is 16.3. The molecule has 0 heterocycles. The van der Waals surface area contributed by atoms with E-state index in [1.807, 2.05) is 24.3 Å². The molecular weight excluding hydrogens is 258 g/mol. The summed E-state index contributed by atoms with van der Waals surface area (Å²) in [5.41, 5.74) is 4.12. The molecule has 0 spiro atoms. The van der Waals surface area contributed by atoms with E-state index in [0.29, 0.717) is 17.4 Å². The van der Waals surface area contributed by atoms with E-state index < -0.39 is 0 Å². The minimum Gasteiger partial charge on any atom is -0.392 e. The zero-order valence-corrected chi connectivity index (χ0v) is 12.6. The molecule has 21 heavy (non-hydrogen) atoms. The van der Waals surface area contributed by atoms with Crippen LogP contribution in [0.1, 0.15) is 48.4 Å². The third-order valence-electron chi connectivity index (χ3n) is 4.13. The Hall–Kier alpha value is -2.11. The Balaban J connectivity index is 2.39. The van der Waals surface area contributed by atoms with Gasteiger partial charge in [0, 0.05) is 5.92 Å². The van der Waals surface area contributed by atoms with Gasteiger partial charge in [0.25, 0.3) is 0 Å². The first-order valence-corrected chi connectivity index (χ1v) is 7.39. The van der Waals surface area contributed by atoms with Crippen molar-refractivity contribution in [3.8, 4) is 6.07 Å². The molecule has 0 fully saturated rings. The maximum Gasteiger partial charge on any atom is 0.0991 e. The van der Waals surface area contributed by atoms with Gasteiger partial charge in [0.2, 0.25) is 0 Å². The Labute approximate surface area is 126 Å². The van der Waals surface area contributed by atoms with Crippen molar-refractivity contribution in [1.82, 2.24) is 0 Å². The van der Waals surface area contributed by atoms with E-state index in [-0.39, 0.29) is 6.61 Å². The molecular formula is C19H21NO. The van der Waals surface area contributed by atoms with Gasteiger partial charge in [-0.3, -0.25) is 0 Å². The lowest BCUT2D eigenvalue weighted by Gasteiger charge is -2.24. The van der Waals surface area contributed by atoms with E-state index in [0.717, 1.165) is 12.0 Å². The van der Waals surface area contributed by atoms with E-state index >= 15 is 0 Å². The van der Waals surface area contributed by atoms with Gasteiger partial charge in [0.05, 0.1) is 18.2 Å². The van der Waals surface area contributed by atoms with Crippen LogP contribution < -0.4 is 0 Å². The van der Waals surface area contributed by atoms with Crippen molar-refractivity contribution in [2.24, 2.45) is 5.92 Å². The van der Waals surface area contributed by atoms with Crippen LogP contribution in [-0.2, 0) is 6.61 Å². The summed E-state index contributed by atoms with van der Waals surface area (Å²) in [5.74, 6) is 0.827. The van der Waals surface area contributed by atoms with Crippen LogP contribution in [0.5, 0.6) is 0 Å². The fourth-order valence-electron chi connectivity index (χ4n) is 2.68. The molecule has 0 radical (unpaired) electrons. The molecule has 2 aromatic carbocycles. The largest absolute Gasteiger partial charge is 0.392 e. The minimum atomic E-state index is 0.0745. The van der Waals surface area contributed by atoms with Crippen LogP contribution in [0.2, 0.25) is 0 Å². The number of aliphatic hydroxyl groups excluding tert-OH is 1. The molecule has 2 unspecified atom stereocenters. The topological polar surface area (TPSA) is 44.0 Å². The van der Waals surface area contributed by atoms with Gasteiger partial charge in [0.15, 0.2) is 0 Å². The molecule has 0 amide bonds. The van der Waals surface area contributed by atoms with Gasteiger partial charge in [-0.05, 0) is 34.7 Å². The lowest BCUT2D eigenvalue weighted by Crippen LogP contribution is -2.11. The summed E-state index contributed by atoms with van der Waals surface area (Å²) in [4.78, 5) is 0. The SMILES string of the molecule is CCC(C)C(c1ccc(C#N)cc1)c1ccc(CO)cc1. The fraction of sp³-hybridized carbons (Fsp3) is 0.316. The van der Waals surface area contributed by atoms with Crippen LogP contribution >= 0.6 is 0 Å². The van der Waals surface area contributed by atoms with E-state index in [2.05, 4.69) is 44.2 Å². The summed E-state index contributed by atoms with van der Waals surface area (Å²) < 4.78 is 0. The van der Waals surface area contributed by atoms with Crippen molar-refractivity contribution in [3.05, 3.63) is 70.8 Å². The van der Waals surface area contributed by atoms with Gasteiger partial charge in [-0.1, -0.05) is 56.7 Å². The number of benzene rings is 2. The molecule has 0 saturated carbocycles. The van der Waals surface area contributed by atoms with Crippen molar-refractivity contribution in [2.45, 2.75) is 32.8 Å². The highest BCUT2D eigenvalue weighted by Gasteiger charge is 2.20. The van der Waals surface area contributed by atoms with Gasteiger partial charge in [-0.15, -0.1) is 0 Å².